The Labute approximate surface area is 157 Å². The lowest BCUT2D eigenvalue weighted by molar-refractivity contribution is -0.365. The third-order valence-electron chi connectivity index (χ3n) is 4.15. The topological polar surface area (TPSA) is 124 Å². The highest BCUT2D eigenvalue weighted by Crippen LogP contribution is 2.13. The number of aromatic amines is 1. The summed E-state index contributed by atoms with van der Waals surface area (Å²) < 4.78 is 4.88. The Morgan fingerprint density at radius 3 is 2.67 bits per heavy atom. The highest BCUT2D eigenvalue weighted by Gasteiger charge is 2.14. The van der Waals surface area contributed by atoms with Crippen LogP contribution in [-0.2, 0) is 16.0 Å². The normalized spacial score (nSPS) is 11.3. The highest BCUT2D eigenvalue weighted by molar-refractivity contribution is 5.88. The summed E-state index contributed by atoms with van der Waals surface area (Å²) >= 11 is 0. The van der Waals surface area contributed by atoms with Crippen molar-refractivity contribution in [3.05, 3.63) is 50.9 Å². The quantitative estimate of drug-likeness (QED) is 0.329. The zero-order chi connectivity index (χ0) is 20.0. The average Bonchev–Trinajstić information content (AvgIpc) is 2.57. The van der Waals surface area contributed by atoms with Gasteiger partial charge in [0.15, 0.2) is 0 Å². The lowest BCUT2D eigenvalue weighted by Crippen LogP contribution is -2.73. The fourth-order valence-corrected chi connectivity index (χ4v) is 2.56. The van der Waals surface area contributed by atoms with Crippen molar-refractivity contribution < 1.29 is 14.5 Å². The number of hydrogen-bond acceptors (Lipinski definition) is 4. The summed E-state index contributed by atoms with van der Waals surface area (Å²) in [5.74, 6) is 0.125. The SMILES string of the molecule is CCOC(=O)CCc1c(C)nc([NH+]=C(N)Nc2ccc(C)c(C)c2)[nH]c1=O. The summed E-state index contributed by atoms with van der Waals surface area (Å²) in [7, 11) is 0. The maximum absolute atomic E-state index is 12.3. The van der Waals surface area contributed by atoms with Gasteiger partial charge in [0.25, 0.3) is 11.5 Å². The molecule has 0 amide bonds. The van der Waals surface area contributed by atoms with Crippen LogP contribution in [0.3, 0.4) is 0 Å². The molecule has 2 aromatic rings. The van der Waals surface area contributed by atoms with Crippen LogP contribution in [0.25, 0.3) is 0 Å². The Hall–Kier alpha value is -3.16. The number of carbonyl (C=O) groups is 1. The van der Waals surface area contributed by atoms with Crippen LogP contribution < -0.4 is 21.6 Å². The number of anilines is 1. The van der Waals surface area contributed by atoms with Crippen LogP contribution in [0.4, 0.5) is 11.6 Å². The van der Waals surface area contributed by atoms with Gasteiger partial charge in [-0.3, -0.25) is 14.9 Å². The molecule has 0 radical (unpaired) electrons. The predicted octanol–water partition coefficient (Wildman–Crippen LogP) is 0.330. The Morgan fingerprint density at radius 1 is 1.30 bits per heavy atom. The van der Waals surface area contributed by atoms with E-state index in [1.54, 1.807) is 13.8 Å². The summed E-state index contributed by atoms with van der Waals surface area (Å²) in [6.45, 7) is 7.82. The van der Waals surface area contributed by atoms with E-state index >= 15 is 0 Å². The van der Waals surface area contributed by atoms with Gasteiger partial charge in [-0.1, -0.05) is 6.07 Å². The fourth-order valence-electron chi connectivity index (χ4n) is 2.56. The van der Waals surface area contributed by atoms with Gasteiger partial charge in [0.05, 0.1) is 23.6 Å². The van der Waals surface area contributed by atoms with Crippen LogP contribution in [0.5, 0.6) is 0 Å². The van der Waals surface area contributed by atoms with Crippen LogP contribution >= 0.6 is 0 Å². The van der Waals surface area contributed by atoms with Crippen molar-refractivity contribution in [1.82, 2.24) is 9.97 Å². The van der Waals surface area contributed by atoms with Crippen molar-refractivity contribution in [3.8, 4) is 0 Å². The first-order valence-electron chi connectivity index (χ1n) is 8.79. The minimum atomic E-state index is -0.339. The van der Waals surface area contributed by atoms with Gasteiger partial charge in [0, 0.05) is 6.42 Å². The van der Waals surface area contributed by atoms with E-state index in [9.17, 15) is 9.59 Å². The molecule has 0 saturated heterocycles. The van der Waals surface area contributed by atoms with Gasteiger partial charge in [-0.05, 0) is 57.4 Å². The third-order valence-corrected chi connectivity index (χ3v) is 4.15. The number of H-pyrrole nitrogens is 1. The molecule has 0 spiro atoms. The maximum Gasteiger partial charge on any atom is 0.325 e. The van der Waals surface area contributed by atoms with E-state index in [0.717, 1.165) is 11.3 Å². The van der Waals surface area contributed by atoms with Crippen LogP contribution in [-0.4, -0.2) is 28.5 Å². The number of nitrogens with zero attached hydrogens (tertiary/aromatic N) is 1. The van der Waals surface area contributed by atoms with Crippen molar-refractivity contribution in [2.45, 2.75) is 40.5 Å². The number of aryl methyl sites for hydroxylation is 3. The van der Waals surface area contributed by atoms with Gasteiger partial charge in [-0.25, -0.2) is 9.98 Å². The van der Waals surface area contributed by atoms with Gasteiger partial charge in [0.1, 0.15) is 0 Å². The van der Waals surface area contributed by atoms with Gasteiger partial charge >= 0.3 is 11.9 Å². The van der Waals surface area contributed by atoms with Crippen LogP contribution in [0.2, 0.25) is 0 Å². The van der Waals surface area contributed by atoms with E-state index in [1.807, 2.05) is 32.0 Å². The second-order valence-electron chi connectivity index (χ2n) is 6.25. The molecule has 0 unspecified atom stereocenters. The van der Waals surface area contributed by atoms with E-state index in [0.29, 0.717) is 17.9 Å². The lowest BCUT2D eigenvalue weighted by atomic mass is 10.1. The molecule has 8 heteroatoms. The standard InChI is InChI=1S/C19H25N5O3/c1-5-27-16(25)9-8-15-13(4)21-19(23-17(15)26)24-18(20)22-14-7-6-11(2)12(3)10-14/h6-7,10H,5,8-9H2,1-4H3,(H4,20,21,22,23,24,26)/p+1. The molecule has 144 valence electrons. The third kappa shape index (κ3) is 5.67. The molecule has 0 aliphatic rings. The summed E-state index contributed by atoms with van der Waals surface area (Å²) in [5, 5.41) is 3.03. The molecular formula is C19H26N5O3+. The first-order valence-corrected chi connectivity index (χ1v) is 8.79. The molecular weight excluding hydrogens is 346 g/mol. The van der Waals surface area contributed by atoms with Gasteiger partial charge in [-0.2, -0.15) is 0 Å². The summed E-state index contributed by atoms with van der Waals surface area (Å²) in [6, 6.07) is 5.88. The van der Waals surface area contributed by atoms with Crippen LogP contribution in [0, 0.1) is 20.8 Å². The molecule has 1 aromatic carbocycles. The van der Waals surface area contributed by atoms with Gasteiger partial charge in [0.2, 0.25) is 0 Å². The van der Waals surface area contributed by atoms with Crippen LogP contribution in [0.15, 0.2) is 23.0 Å². The Balaban J connectivity index is 2.14. The molecule has 27 heavy (non-hydrogen) atoms. The van der Waals surface area contributed by atoms with Crippen molar-refractivity contribution >= 4 is 23.6 Å². The first kappa shape index (κ1) is 20.2. The fraction of sp³-hybridized carbons (Fsp3) is 0.368. The number of rotatable bonds is 6. The van der Waals surface area contributed by atoms with E-state index in [2.05, 4.69) is 20.3 Å². The van der Waals surface area contributed by atoms with Gasteiger partial charge < -0.3 is 10.5 Å². The molecule has 1 heterocycles. The summed E-state index contributed by atoms with van der Waals surface area (Å²) in [5.41, 5.74) is 9.79. The van der Waals surface area contributed by atoms with Crippen molar-refractivity contribution in [3.63, 3.8) is 0 Å². The molecule has 1 aromatic heterocycles. The number of ether oxygens (including phenoxy) is 1. The molecule has 0 saturated carbocycles. The Bertz CT molecular complexity index is 918. The number of guanidine groups is 1. The maximum atomic E-state index is 12.3. The Morgan fingerprint density at radius 2 is 2.04 bits per heavy atom. The predicted molar refractivity (Wildman–Crippen MR) is 104 cm³/mol. The molecule has 0 aliphatic carbocycles. The molecule has 5 N–H and O–H groups in total. The minimum Gasteiger partial charge on any atom is -0.466 e. The number of carbonyl (C=O) groups excluding carboxylic acids is 1. The van der Waals surface area contributed by atoms with Crippen molar-refractivity contribution in [2.24, 2.45) is 5.73 Å². The average molecular weight is 372 g/mol. The zero-order valence-corrected chi connectivity index (χ0v) is 16.1. The second-order valence-corrected chi connectivity index (χ2v) is 6.25. The number of benzene rings is 1. The molecule has 8 nitrogen and oxygen atoms in total. The van der Waals surface area contributed by atoms with Crippen molar-refractivity contribution in [2.75, 3.05) is 11.9 Å². The highest BCUT2D eigenvalue weighted by atomic mass is 16.5. The number of aromatic nitrogens is 2. The largest absolute Gasteiger partial charge is 0.466 e. The molecule has 0 atom stereocenters. The number of nitrogens with two attached hydrogens (primary N) is 1. The number of nitrogens with one attached hydrogen (secondary N) is 3. The minimum absolute atomic E-state index is 0.134. The van der Waals surface area contributed by atoms with E-state index < -0.39 is 0 Å². The molecule has 0 bridgehead atoms. The molecule has 0 fully saturated rings. The lowest BCUT2D eigenvalue weighted by Gasteiger charge is -2.05. The molecule has 2 rings (SSSR count). The molecule has 0 aliphatic heterocycles. The van der Waals surface area contributed by atoms with E-state index in [-0.39, 0.29) is 36.3 Å². The first-order chi connectivity index (χ1) is 12.8. The summed E-state index contributed by atoms with van der Waals surface area (Å²) in [4.78, 5) is 33.6. The van der Waals surface area contributed by atoms with E-state index in [4.69, 9.17) is 10.5 Å². The Kier molecular flexibility index (Phi) is 6.70. The van der Waals surface area contributed by atoms with Crippen molar-refractivity contribution in [1.29, 1.82) is 0 Å². The monoisotopic (exact) mass is 372 g/mol. The zero-order valence-electron chi connectivity index (χ0n) is 16.1. The van der Waals surface area contributed by atoms with E-state index in [1.165, 1.54) is 5.56 Å². The summed E-state index contributed by atoms with van der Waals surface area (Å²) in [6.07, 6.45) is 0.405. The van der Waals surface area contributed by atoms with Crippen LogP contribution in [0.1, 0.15) is 35.7 Å². The second kappa shape index (κ2) is 8.98. The number of esters is 1. The van der Waals surface area contributed by atoms with Gasteiger partial charge in [-0.15, -0.1) is 4.98 Å². The smallest absolute Gasteiger partial charge is 0.325 e. The number of hydrogen-bond donors (Lipinski definition) is 4.